The van der Waals surface area contributed by atoms with Gasteiger partial charge in [0.15, 0.2) is 0 Å². The minimum atomic E-state index is -1.11. The van der Waals surface area contributed by atoms with Gasteiger partial charge in [-0.15, -0.1) is 11.3 Å². The second-order valence-corrected chi connectivity index (χ2v) is 8.57. The molecule has 1 aromatic heterocycles. The average Bonchev–Trinajstić information content (AvgIpc) is 3.19. The Morgan fingerprint density at radius 1 is 1.16 bits per heavy atom. The lowest BCUT2D eigenvalue weighted by molar-refractivity contribution is -0.139. The molecule has 9 heteroatoms. The Bertz CT molecular complexity index is 1040. The van der Waals surface area contributed by atoms with Crippen LogP contribution in [0.1, 0.15) is 36.1 Å². The Morgan fingerprint density at radius 3 is 2.39 bits per heavy atom. The van der Waals surface area contributed by atoms with Crippen molar-refractivity contribution in [1.82, 2.24) is 10.3 Å². The smallest absolute Gasteiger partial charge is 0.408 e. The molecule has 8 nitrogen and oxygen atoms in total. The number of hydrogen-bond acceptors (Lipinski definition) is 6. The summed E-state index contributed by atoms with van der Waals surface area (Å²) in [5, 5.41) is 15.9. The topological polar surface area (TPSA) is 132 Å². The van der Waals surface area contributed by atoms with Gasteiger partial charge in [-0.2, -0.15) is 0 Å². The molecule has 0 spiro atoms. The van der Waals surface area contributed by atoms with E-state index in [1.54, 1.807) is 44.5 Å². The van der Waals surface area contributed by atoms with Crippen molar-refractivity contribution in [2.75, 3.05) is 0 Å². The lowest BCUT2D eigenvalue weighted by Crippen LogP contribution is -2.44. The van der Waals surface area contributed by atoms with E-state index in [0.29, 0.717) is 10.6 Å². The van der Waals surface area contributed by atoms with Gasteiger partial charge in [0.25, 0.3) is 0 Å². The number of rotatable bonds is 5. The summed E-state index contributed by atoms with van der Waals surface area (Å²) in [5.41, 5.74) is 5.06. The maximum atomic E-state index is 11.5. The van der Waals surface area contributed by atoms with Crippen molar-refractivity contribution in [3.63, 3.8) is 0 Å². The Hall–Kier alpha value is -3.46. The van der Waals surface area contributed by atoms with E-state index in [9.17, 15) is 14.4 Å². The number of carbonyl (C=O) groups excluding carboxylic acids is 2. The van der Waals surface area contributed by atoms with Gasteiger partial charge in [-0.3, -0.25) is 4.79 Å². The average molecular weight is 444 g/mol. The normalized spacial score (nSPS) is 11.7. The summed E-state index contributed by atoms with van der Waals surface area (Å²) in [6.07, 6.45) is 0.991. The summed E-state index contributed by atoms with van der Waals surface area (Å²) < 4.78 is 5.01. The van der Waals surface area contributed by atoms with Crippen molar-refractivity contribution in [1.29, 1.82) is 0 Å². The van der Waals surface area contributed by atoms with Crippen LogP contribution in [0.4, 0.5) is 4.79 Å². The predicted molar refractivity (Wildman–Crippen MR) is 119 cm³/mol. The first-order valence-corrected chi connectivity index (χ1v) is 10.3. The van der Waals surface area contributed by atoms with Crippen LogP contribution in [0.25, 0.3) is 10.8 Å². The number of benzene rings is 2. The standard InChI is InChI=1S/C11H16N2O4S.C11H9NO/c1-11(2,3)17-10(16)13-7(9(14)15)6-8-12-4-5-18-8;12-11(13)10-6-5-8-3-1-2-4-9(8)7-10/h4-5,7H,6H2,1-3H3,(H,13,16)(H,14,15);1-7H,(H2,12,13)/t7-;/m0./s1. The number of nitrogens with one attached hydrogen (secondary N) is 1. The quantitative estimate of drug-likeness (QED) is 0.552. The molecule has 3 aromatic rings. The molecule has 0 fully saturated rings. The van der Waals surface area contributed by atoms with Crippen LogP contribution in [-0.4, -0.2) is 39.7 Å². The first-order chi connectivity index (χ1) is 14.5. The minimum absolute atomic E-state index is 0.145. The molecule has 0 bridgehead atoms. The summed E-state index contributed by atoms with van der Waals surface area (Å²) >= 11 is 1.34. The number of nitrogens with zero attached hydrogens (tertiary/aromatic N) is 1. The van der Waals surface area contributed by atoms with E-state index in [1.807, 2.05) is 30.3 Å². The Balaban J connectivity index is 0.000000231. The van der Waals surface area contributed by atoms with Crippen molar-refractivity contribution in [2.45, 2.75) is 38.8 Å². The number of carboxylic acids is 1. The zero-order valence-electron chi connectivity index (χ0n) is 17.5. The first-order valence-electron chi connectivity index (χ1n) is 9.44. The highest BCUT2D eigenvalue weighted by atomic mass is 32.1. The number of ether oxygens (including phenoxy) is 1. The molecular formula is C22H25N3O5S. The molecule has 1 atom stereocenters. The monoisotopic (exact) mass is 443 g/mol. The molecule has 0 aliphatic rings. The summed E-state index contributed by atoms with van der Waals surface area (Å²) in [4.78, 5) is 37.4. The van der Waals surface area contributed by atoms with Crippen LogP contribution < -0.4 is 11.1 Å². The van der Waals surface area contributed by atoms with E-state index < -0.39 is 23.7 Å². The van der Waals surface area contributed by atoms with Crippen LogP contribution in [0.3, 0.4) is 0 Å². The number of carboxylic acid groups (broad SMARTS) is 1. The maximum absolute atomic E-state index is 11.5. The molecule has 2 aromatic carbocycles. The van der Waals surface area contributed by atoms with Crippen molar-refractivity contribution in [3.05, 3.63) is 64.6 Å². The van der Waals surface area contributed by atoms with Gasteiger partial charge in [-0.1, -0.05) is 30.3 Å². The summed E-state index contributed by atoms with van der Waals surface area (Å²) in [5.74, 6) is -1.50. The molecule has 1 heterocycles. The highest BCUT2D eigenvalue weighted by Gasteiger charge is 2.24. The van der Waals surface area contributed by atoms with Crippen molar-refractivity contribution < 1.29 is 24.2 Å². The van der Waals surface area contributed by atoms with Gasteiger partial charge in [0.1, 0.15) is 11.6 Å². The van der Waals surface area contributed by atoms with Gasteiger partial charge in [-0.25, -0.2) is 14.6 Å². The predicted octanol–water partition coefficient (Wildman–Crippen LogP) is 3.60. The number of alkyl carbamates (subject to hydrolysis) is 1. The third kappa shape index (κ3) is 8.06. The molecule has 0 aliphatic carbocycles. The number of thiazole rings is 1. The fourth-order valence-electron chi connectivity index (χ4n) is 2.52. The molecular weight excluding hydrogens is 418 g/mol. The van der Waals surface area contributed by atoms with Gasteiger partial charge >= 0.3 is 12.1 Å². The van der Waals surface area contributed by atoms with Crippen LogP contribution in [0, 0.1) is 0 Å². The highest BCUT2D eigenvalue weighted by Crippen LogP contribution is 2.15. The van der Waals surface area contributed by atoms with Gasteiger partial charge in [0, 0.05) is 23.6 Å². The van der Waals surface area contributed by atoms with Gasteiger partial charge < -0.3 is 20.9 Å². The molecule has 2 amide bonds. The van der Waals surface area contributed by atoms with Crippen molar-refractivity contribution >= 4 is 40.1 Å². The van der Waals surface area contributed by atoms with E-state index in [0.717, 1.165) is 10.8 Å². The van der Waals surface area contributed by atoms with Crippen LogP contribution in [0.5, 0.6) is 0 Å². The second kappa shape index (κ2) is 10.5. The Labute approximate surface area is 184 Å². The van der Waals surface area contributed by atoms with Gasteiger partial charge in [-0.05, 0) is 43.7 Å². The van der Waals surface area contributed by atoms with E-state index in [1.165, 1.54) is 11.3 Å². The molecule has 164 valence electrons. The van der Waals surface area contributed by atoms with Crippen molar-refractivity contribution in [2.24, 2.45) is 5.73 Å². The number of fused-ring (bicyclic) bond motifs is 1. The highest BCUT2D eigenvalue weighted by molar-refractivity contribution is 7.09. The van der Waals surface area contributed by atoms with Gasteiger partial charge in [0.2, 0.25) is 5.91 Å². The summed E-state index contributed by atoms with van der Waals surface area (Å²) in [6.45, 7) is 5.13. The number of aliphatic carboxylic acids is 1. The van der Waals surface area contributed by atoms with E-state index in [-0.39, 0.29) is 12.3 Å². The van der Waals surface area contributed by atoms with E-state index in [2.05, 4.69) is 10.3 Å². The fraction of sp³-hybridized carbons (Fsp3) is 0.273. The number of primary amides is 1. The zero-order valence-corrected chi connectivity index (χ0v) is 18.3. The third-order valence-corrected chi connectivity index (χ3v) is 4.69. The lowest BCUT2D eigenvalue weighted by atomic mass is 10.1. The third-order valence-electron chi connectivity index (χ3n) is 3.89. The number of amides is 2. The number of hydrogen-bond donors (Lipinski definition) is 3. The zero-order chi connectivity index (χ0) is 23.0. The summed E-state index contributed by atoms with van der Waals surface area (Å²) in [6, 6.07) is 12.3. The Morgan fingerprint density at radius 2 is 1.84 bits per heavy atom. The minimum Gasteiger partial charge on any atom is -0.480 e. The molecule has 0 radical (unpaired) electrons. The number of carbonyl (C=O) groups is 3. The van der Waals surface area contributed by atoms with Crippen LogP contribution >= 0.6 is 11.3 Å². The lowest BCUT2D eigenvalue weighted by Gasteiger charge is -2.21. The molecule has 0 saturated heterocycles. The van der Waals surface area contributed by atoms with Crippen LogP contribution in [-0.2, 0) is 16.0 Å². The van der Waals surface area contributed by atoms with Crippen LogP contribution in [0.2, 0.25) is 0 Å². The molecule has 0 unspecified atom stereocenters. The maximum Gasteiger partial charge on any atom is 0.408 e. The number of aromatic nitrogens is 1. The van der Waals surface area contributed by atoms with Crippen molar-refractivity contribution in [3.8, 4) is 0 Å². The molecule has 3 rings (SSSR count). The Kier molecular flexibility index (Phi) is 8.09. The first kappa shape index (κ1) is 23.8. The largest absolute Gasteiger partial charge is 0.480 e. The van der Waals surface area contributed by atoms with E-state index >= 15 is 0 Å². The fourth-order valence-corrected chi connectivity index (χ4v) is 3.18. The second-order valence-electron chi connectivity index (χ2n) is 7.59. The molecule has 0 saturated carbocycles. The molecule has 31 heavy (non-hydrogen) atoms. The van der Waals surface area contributed by atoms with Gasteiger partial charge in [0.05, 0.1) is 5.01 Å². The van der Waals surface area contributed by atoms with Crippen LogP contribution in [0.15, 0.2) is 54.0 Å². The van der Waals surface area contributed by atoms with E-state index in [4.69, 9.17) is 15.6 Å². The molecule has 0 aliphatic heterocycles. The SMILES string of the molecule is CC(C)(C)OC(=O)N[C@@H](Cc1nccs1)C(=O)O.NC(=O)c1ccc2ccccc2c1. The summed E-state index contributed by atoms with van der Waals surface area (Å²) in [7, 11) is 0. The number of nitrogens with two attached hydrogens (primary N) is 1. The molecule has 4 N–H and O–H groups in total.